The Kier molecular flexibility index (Phi) is 9.48. The van der Waals surface area contributed by atoms with Crippen molar-refractivity contribution in [3.8, 4) is 0 Å². The average molecular weight is 422 g/mol. The molecule has 0 bridgehead atoms. The van der Waals surface area contributed by atoms with Gasteiger partial charge < -0.3 is 31.5 Å². The van der Waals surface area contributed by atoms with E-state index in [1.54, 1.807) is 24.3 Å². The van der Waals surface area contributed by atoms with E-state index in [1.807, 2.05) is 21.1 Å². The molecule has 0 heterocycles. The van der Waals surface area contributed by atoms with Crippen LogP contribution in [0.3, 0.4) is 0 Å². The molecule has 0 aliphatic rings. The lowest BCUT2D eigenvalue weighted by atomic mass is 9.94. The van der Waals surface area contributed by atoms with Crippen molar-refractivity contribution in [2.75, 3.05) is 33.4 Å². The van der Waals surface area contributed by atoms with Crippen molar-refractivity contribution in [2.45, 2.75) is 43.9 Å². The molecule has 0 aliphatic heterocycles. The second-order valence-corrected chi connectivity index (χ2v) is 8.84. The maximum atomic E-state index is 12.4. The van der Waals surface area contributed by atoms with Crippen molar-refractivity contribution in [1.82, 2.24) is 0 Å². The van der Waals surface area contributed by atoms with Gasteiger partial charge in [0.1, 0.15) is 12.5 Å². The topological polar surface area (TPSA) is 142 Å². The number of likely N-dealkylation sites (N-methyl/N-ethyl adjacent to an activating group) is 1. The Morgan fingerprint density at radius 2 is 1.80 bits per heavy atom. The van der Waals surface area contributed by atoms with Crippen molar-refractivity contribution >= 4 is 17.6 Å². The van der Waals surface area contributed by atoms with E-state index in [2.05, 4.69) is 6.58 Å². The Morgan fingerprint density at radius 3 is 2.30 bits per heavy atom. The quantitative estimate of drug-likeness (QED) is 0.0950. The van der Waals surface area contributed by atoms with Crippen LogP contribution in [0.2, 0.25) is 0 Å². The highest BCUT2D eigenvalue weighted by Crippen LogP contribution is 2.22. The molecule has 168 valence electrons. The maximum Gasteiger partial charge on any atom is 0.310 e. The zero-order chi connectivity index (χ0) is 22.9. The van der Waals surface area contributed by atoms with E-state index in [0.29, 0.717) is 36.0 Å². The predicted molar refractivity (Wildman–Crippen MR) is 118 cm³/mol. The first-order valence-corrected chi connectivity index (χ1v) is 10.1. The number of hydrogen-bond donors (Lipinski definition) is 4. The van der Waals surface area contributed by atoms with Crippen molar-refractivity contribution in [3.05, 3.63) is 42.5 Å². The number of anilines is 1. The van der Waals surface area contributed by atoms with Gasteiger partial charge in [-0.2, -0.15) is 0 Å². The number of carbonyl (C=O) groups excluding carboxylic acids is 1. The highest BCUT2D eigenvalue weighted by Gasteiger charge is 2.34. The zero-order valence-electron chi connectivity index (χ0n) is 18.3. The minimum Gasteiger partial charge on any atom is -0.481 e. The molecule has 8 nitrogen and oxygen atoms in total. The summed E-state index contributed by atoms with van der Waals surface area (Å²) in [6, 6.07) is 7.09. The number of aliphatic carboxylic acids is 1. The molecule has 0 radical (unpaired) electrons. The zero-order valence-corrected chi connectivity index (χ0v) is 18.3. The normalized spacial score (nSPS) is 14.0. The van der Waals surface area contributed by atoms with Crippen molar-refractivity contribution < 1.29 is 23.9 Å². The molecule has 2 atom stereocenters. The van der Waals surface area contributed by atoms with Gasteiger partial charge >= 0.3 is 11.9 Å². The largest absolute Gasteiger partial charge is 0.481 e. The molecule has 0 amide bonds. The summed E-state index contributed by atoms with van der Waals surface area (Å²) in [5, 5.41) is 9.53. The molecule has 0 fully saturated rings. The van der Waals surface area contributed by atoms with Crippen LogP contribution in [0.1, 0.15) is 37.7 Å². The van der Waals surface area contributed by atoms with E-state index < -0.39 is 29.6 Å². The first kappa shape index (κ1) is 25.6. The highest BCUT2D eigenvalue weighted by atomic mass is 16.5. The van der Waals surface area contributed by atoms with Crippen LogP contribution in [-0.2, 0) is 20.0 Å². The van der Waals surface area contributed by atoms with Crippen LogP contribution in [0.4, 0.5) is 5.69 Å². The standard InChI is InChI=1S/C22H36N4O4/c1-5-8-18(21(28)29)19(15-26(2,3)4)30-20(27)9-6-7-14-22(24,25)16-10-12-17(23)13-11-16/h5,10-13,18-19H,1,6-9,14-15,23-25H2,2-4H3/p+1. The summed E-state index contributed by atoms with van der Waals surface area (Å²) in [6.45, 7) is 4.01. The second-order valence-electron chi connectivity index (χ2n) is 8.84. The minimum atomic E-state index is -1.01. The number of carbonyl (C=O) groups is 2. The molecule has 1 aromatic carbocycles. The number of nitrogen functional groups attached to an aromatic ring is 1. The summed E-state index contributed by atoms with van der Waals surface area (Å²) in [5.74, 6) is -2.24. The van der Waals surface area contributed by atoms with E-state index in [0.717, 1.165) is 5.56 Å². The van der Waals surface area contributed by atoms with E-state index >= 15 is 0 Å². The summed E-state index contributed by atoms with van der Waals surface area (Å²) < 4.78 is 6.05. The molecule has 1 rings (SSSR count). The van der Waals surface area contributed by atoms with Crippen molar-refractivity contribution in [3.63, 3.8) is 0 Å². The Bertz CT molecular complexity index is 711. The van der Waals surface area contributed by atoms with Gasteiger partial charge in [0.25, 0.3) is 0 Å². The Labute approximate surface area is 179 Å². The van der Waals surface area contributed by atoms with Gasteiger partial charge in [-0.15, -0.1) is 6.58 Å². The van der Waals surface area contributed by atoms with Crippen LogP contribution in [0.15, 0.2) is 36.9 Å². The van der Waals surface area contributed by atoms with Gasteiger partial charge in [-0.3, -0.25) is 9.59 Å². The molecule has 1 aromatic rings. The number of ether oxygens (including phenoxy) is 1. The molecule has 2 unspecified atom stereocenters. The number of quaternary nitrogens is 1. The number of nitrogens with zero attached hydrogens (tertiary/aromatic N) is 1. The van der Waals surface area contributed by atoms with Crippen LogP contribution in [0.25, 0.3) is 0 Å². The van der Waals surface area contributed by atoms with Crippen LogP contribution in [-0.4, -0.2) is 55.3 Å². The third-order valence-corrected chi connectivity index (χ3v) is 4.87. The Balaban J connectivity index is 2.61. The van der Waals surface area contributed by atoms with Gasteiger partial charge in [-0.1, -0.05) is 18.2 Å². The number of esters is 1. The van der Waals surface area contributed by atoms with E-state index in [1.165, 1.54) is 6.08 Å². The monoisotopic (exact) mass is 421 g/mol. The number of carboxylic acids is 1. The molecular weight excluding hydrogens is 384 g/mol. The minimum absolute atomic E-state index is 0.173. The van der Waals surface area contributed by atoms with Gasteiger partial charge in [0.2, 0.25) is 0 Å². The van der Waals surface area contributed by atoms with E-state index in [-0.39, 0.29) is 12.8 Å². The predicted octanol–water partition coefficient (Wildman–Crippen LogP) is 1.79. The maximum absolute atomic E-state index is 12.4. The van der Waals surface area contributed by atoms with Gasteiger partial charge in [0.15, 0.2) is 6.10 Å². The number of benzene rings is 1. The highest BCUT2D eigenvalue weighted by molar-refractivity contribution is 5.73. The third-order valence-electron chi connectivity index (χ3n) is 4.87. The summed E-state index contributed by atoms with van der Waals surface area (Å²) in [5.41, 5.74) is 18.5. The molecule has 8 heteroatoms. The third kappa shape index (κ3) is 8.94. The first-order valence-electron chi connectivity index (χ1n) is 10.1. The first-order chi connectivity index (χ1) is 13.9. The van der Waals surface area contributed by atoms with Crippen LogP contribution in [0, 0.1) is 5.92 Å². The second kappa shape index (κ2) is 11.1. The van der Waals surface area contributed by atoms with E-state index in [4.69, 9.17) is 21.9 Å². The van der Waals surface area contributed by atoms with Crippen molar-refractivity contribution in [2.24, 2.45) is 17.4 Å². The van der Waals surface area contributed by atoms with Crippen LogP contribution in [0.5, 0.6) is 0 Å². The summed E-state index contributed by atoms with van der Waals surface area (Å²) in [6.07, 6.45) is 2.87. The molecule has 0 spiro atoms. The molecule has 0 saturated carbocycles. The fraction of sp³-hybridized carbons (Fsp3) is 0.545. The van der Waals surface area contributed by atoms with Gasteiger partial charge in [0, 0.05) is 12.1 Å². The number of unbranched alkanes of at least 4 members (excludes halogenated alkanes) is 1. The number of hydrogen-bond acceptors (Lipinski definition) is 6. The number of nitrogens with two attached hydrogens (primary N) is 3. The molecule has 7 N–H and O–H groups in total. The number of carboxylic acid groups (broad SMARTS) is 1. The smallest absolute Gasteiger partial charge is 0.310 e. The molecule has 30 heavy (non-hydrogen) atoms. The van der Waals surface area contributed by atoms with Gasteiger partial charge in [-0.05, 0) is 43.4 Å². The molecule has 0 aromatic heterocycles. The summed E-state index contributed by atoms with van der Waals surface area (Å²) in [4.78, 5) is 24.0. The average Bonchev–Trinajstić information content (AvgIpc) is 2.61. The number of allylic oxidation sites excluding steroid dienone is 1. The van der Waals surface area contributed by atoms with Crippen LogP contribution < -0.4 is 17.2 Å². The fourth-order valence-corrected chi connectivity index (χ4v) is 3.23. The fourth-order valence-electron chi connectivity index (χ4n) is 3.23. The Morgan fingerprint density at radius 1 is 1.20 bits per heavy atom. The van der Waals surface area contributed by atoms with Crippen molar-refractivity contribution in [1.29, 1.82) is 0 Å². The Hall–Kier alpha value is -2.42. The molecule has 0 aliphatic carbocycles. The van der Waals surface area contributed by atoms with Crippen LogP contribution >= 0.6 is 0 Å². The summed E-state index contributed by atoms with van der Waals surface area (Å²) in [7, 11) is 5.77. The molecule has 0 saturated heterocycles. The lowest BCUT2D eigenvalue weighted by molar-refractivity contribution is -0.873. The lowest BCUT2D eigenvalue weighted by Gasteiger charge is -2.31. The lowest BCUT2D eigenvalue weighted by Crippen LogP contribution is -2.47. The van der Waals surface area contributed by atoms with Gasteiger partial charge in [0.05, 0.1) is 26.8 Å². The van der Waals surface area contributed by atoms with Gasteiger partial charge in [-0.25, -0.2) is 0 Å². The van der Waals surface area contributed by atoms with E-state index in [9.17, 15) is 14.7 Å². The molecular formula is C22H37N4O4+. The number of rotatable bonds is 13. The SMILES string of the molecule is C=CCC(C(=O)O)C(C[N+](C)(C)C)OC(=O)CCCCC(N)(N)c1ccc(N)cc1. The summed E-state index contributed by atoms with van der Waals surface area (Å²) >= 11 is 0.